The van der Waals surface area contributed by atoms with Crippen LogP contribution in [-0.4, -0.2) is 6.26 Å². The van der Waals surface area contributed by atoms with E-state index in [9.17, 15) is 13.2 Å². The molecule has 0 fully saturated rings. The van der Waals surface area contributed by atoms with Crippen molar-refractivity contribution < 1.29 is 13.2 Å². The third-order valence-corrected chi connectivity index (χ3v) is 2.97. The molecule has 0 aliphatic rings. The molecule has 0 atom stereocenters. The summed E-state index contributed by atoms with van der Waals surface area (Å²) >= 11 is 1.85. The fourth-order valence-electron chi connectivity index (χ4n) is 0.665. The first-order valence-electron chi connectivity index (χ1n) is 2.74. The van der Waals surface area contributed by atoms with Gasteiger partial charge in [0.05, 0.1) is 0 Å². The van der Waals surface area contributed by atoms with Crippen LogP contribution in [0.1, 0.15) is 4.88 Å². The van der Waals surface area contributed by atoms with Crippen LogP contribution in [0.4, 0.5) is 13.2 Å². The maximum absolute atomic E-state index is 12.1. The Morgan fingerprint density at radius 2 is 2.09 bits per heavy atom. The molecule has 1 rings (SSSR count). The molecule has 11 heavy (non-hydrogen) atoms. The van der Waals surface area contributed by atoms with Gasteiger partial charge in [-0.25, -0.2) is 0 Å². The van der Waals surface area contributed by atoms with Crippen molar-refractivity contribution in [2.24, 2.45) is 0 Å². The smallest absolute Gasteiger partial charge is 0.165 e. The van der Waals surface area contributed by atoms with Crippen molar-refractivity contribution in [3.63, 3.8) is 0 Å². The summed E-state index contributed by atoms with van der Waals surface area (Å²) < 4.78 is 36.2. The lowest BCUT2D eigenvalue weighted by atomic mass is 10.5. The first kappa shape index (κ1) is 8.93. The second kappa shape index (κ2) is 3.06. The molecule has 0 nitrogen and oxygen atoms in total. The predicted octanol–water partition coefficient (Wildman–Crippen LogP) is 3.49. The maximum atomic E-state index is 12.1. The number of halogens is 3. The van der Waals surface area contributed by atoms with Crippen LogP contribution in [0.2, 0.25) is 0 Å². The van der Waals surface area contributed by atoms with E-state index in [2.05, 4.69) is 0 Å². The molecule has 1 aromatic rings. The molecule has 0 unspecified atom stereocenters. The van der Waals surface area contributed by atoms with Gasteiger partial charge in [-0.15, -0.1) is 23.1 Å². The lowest BCUT2D eigenvalue weighted by Crippen LogP contribution is -2.02. The summed E-state index contributed by atoms with van der Waals surface area (Å²) in [6, 6.07) is 1.48. The van der Waals surface area contributed by atoms with Crippen LogP contribution < -0.4 is 0 Å². The first-order valence-corrected chi connectivity index (χ1v) is 4.85. The Morgan fingerprint density at radius 3 is 2.45 bits per heavy atom. The molecule has 0 amide bonds. The fourth-order valence-corrected chi connectivity index (χ4v) is 2.31. The zero-order chi connectivity index (χ0) is 8.48. The normalized spacial score (nSPS) is 12.0. The molecule has 0 radical (unpaired) electrons. The monoisotopic (exact) mass is 198 g/mol. The van der Waals surface area contributed by atoms with Gasteiger partial charge in [0, 0.05) is 4.90 Å². The van der Waals surface area contributed by atoms with Gasteiger partial charge in [-0.3, -0.25) is 0 Å². The minimum atomic E-state index is -4.19. The molecular formula is C6H5F3S2. The summed E-state index contributed by atoms with van der Waals surface area (Å²) in [5.41, 5.74) is 0. The molecule has 0 saturated heterocycles. The van der Waals surface area contributed by atoms with Crippen molar-refractivity contribution in [3.8, 4) is 0 Å². The van der Waals surface area contributed by atoms with E-state index < -0.39 is 11.1 Å². The highest BCUT2D eigenvalue weighted by Gasteiger charge is 2.34. The van der Waals surface area contributed by atoms with E-state index in [0.29, 0.717) is 4.90 Å². The highest BCUT2D eigenvalue weighted by atomic mass is 32.2. The van der Waals surface area contributed by atoms with Crippen LogP contribution in [0.5, 0.6) is 0 Å². The molecule has 0 aromatic carbocycles. The molecular weight excluding hydrogens is 193 g/mol. The number of hydrogen-bond donors (Lipinski definition) is 0. The molecule has 0 saturated carbocycles. The molecule has 62 valence electrons. The van der Waals surface area contributed by atoms with Crippen molar-refractivity contribution in [2.75, 3.05) is 6.26 Å². The largest absolute Gasteiger partial charge is 0.426 e. The molecule has 0 N–H and O–H groups in total. The van der Waals surface area contributed by atoms with Crippen LogP contribution >= 0.6 is 23.1 Å². The zero-order valence-corrected chi connectivity index (χ0v) is 7.24. The van der Waals surface area contributed by atoms with Crippen molar-refractivity contribution in [2.45, 2.75) is 11.1 Å². The fraction of sp³-hybridized carbons (Fsp3) is 0.333. The van der Waals surface area contributed by atoms with E-state index in [4.69, 9.17) is 0 Å². The van der Waals surface area contributed by atoms with E-state index in [-0.39, 0.29) is 0 Å². The minimum absolute atomic E-state index is 0.308. The molecule has 1 aromatic heterocycles. The number of hydrogen-bond acceptors (Lipinski definition) is 2. The van der Waals surface area contributed by atoms with Crippen LogP contribution in [0.25, 0.3) is 0 Å². The number of rotatable bonds is 1. The highest BCUT2D eigenvalue weighted by Crippen LogP contribution is 2.39. The minimum Gasteiger partial charge on any atom is -0.165 e. The highest BCUT2D eigenvalue weighted by molar-refractivity contribution is 7.98. The van der Waals surface area contributed by atoms with Gasteiger partial charge in [-0.05, 0) is 17.7 Å². The van der Waals surface area contributed by atoms with Crippen molar-refractivity contribution in [1.29, 1.82) is 0 Å². The average Bonchev–Trinajstić information content (AvgIpc) is 2.31. The first-order chi connectivity index (χ1) is 5.05. The Balaban J connectivity index is 3.02. The third kappa shape index (κ3) is 1.90. The summed E-state index contributed by atoms with van der Waals surface area (Å²) in [7, 11) is 0. The van der Waals surface area contributed by atoms with Gasteiger partial charge in [-0.1, -0.05) is 0 Å². The van der Waals surface area contributed by atoms with Gasteiger partial charge < -0.3 is 0 Å². The van der Waals surface area contributed by atoms with Gasteiger partial charge in [0.2, 0.25) is 0 Å². The molecule has 0 aliphatic heterocycles. The van der Waals surface area contributed by atoms with Gasteiger partial charge in [-0.2, -0.15) is 13.2 Å². The lowest BCUT2D eigenvalue weighted by molar-refractivity contribution is -0.136. The Bertz CT molecular complexity index is 238. The van der Waals surface area contributed by atoms with Crippen LogP contribution in [-0.2, 0) is 6.18 Å². The molecule has 0 bridgehead atoms. The van der Waals surface area contributed by atoms with Crippen LogP contribution in [0.15, 0.2) is 16.3 Å². The van der Waals surface area contributed by atoms with Crippen LogP contribution in [0.3, 0.4) is 0 Å². The zero-order valence-electron chi connectivity index (χ0n) is 5.61. The van der Waals surface area contributed by atoms with Crippen molar-refractivity contribution in [1.82, 2.24) is 0 Å². The average molecular weight is 198 g/mol. The Labute approximate surface area is 70.4 Å². The Kier molecular flexibility index (Phi) is 2.49. The van der Waals surface area contributed by atoms with Crippen molar-refractivity contribution >= 4 is 23.1 Å². The van der Waals surface area contributed by atoms with Gasteiger partial charge in [0.1, 0.15) is 4.88 Å². The Hall–Kier alpha value is -0.160. The standard InChI is InChI=1S/C6H5F3S2/c1-10-4-2-3-11-5(4)6(7,8)9/h2-3H,1H3. The third-order valence-electron chi connectivity index (χ3n) is 1.11. The van der Waals surface area contributed by atoms with E-state index in [1.165, 1.54) is 11.4 Å². The summed E-state index contributed by atoms with van der Waals surface area (Å²) in [5.74, 6) is 0. The summed E-state index contributed by atoms with van der Waals surface area (Å²) in [6.07, 6.45) is -2.55. The molecule has 0 aliphatic carbocycles. The number of thiophene rings is 1. The second-order valence-corrected chi connectivity index (χ2v) is 3.58. The van der Waals surface area contributed by atoms with E-state index >= 15 is 0 Å². The molecule has 5 heteroatoms. The predicted molar refractivity (Wildman–Crippen MR) is 41.1 cm³/mol. The van der Waals surface area contributed by atoms with E-state index in [1.54, 1.807) is 6.26 Å². The quantitative estimate of drug-likeness (QED) is 0.622. The van der Waals surface area contributed by atoms with E-state index in [1.807, 2.05) is 0 Å². The second-order valence-electron chi connectivity index (χ2n) is 1.82. The maximum Gasteiger partial charge on any atom is 0.426 e. The van der Waals surface area contributed by atoms with Crippen molar-refractivity contribution in [3.05, 3.63) is 16.3 Å². The Morgan fingerprint density at radius 1 is 1.45 bits per heavy atom. The SMILES string of the molecule is CSc1ccsc1C(F)(F)F. The van der Waals surface area contributed by atoms with Gasteiger partial charge in [0.15, 0.2) is 0 Å². The lowest BCUT2D eigenvalue weighted by Gasteiger charge is -2.04. The summed E-state index contributed by atoms with van der Waals surface area (Å²) in [4.78, 5) is -0.187. The number of alkyl halides is 3. The van der Waals surface area contributed by atoms with Crippen LogP contribution in [0, 0.1) is 0 Å². The molecule has 1 heterocycles. The molecule has 0 spiro atoms. The van der Waals surface area contributed by atoms with E-state index in [0.717, 1.165) is 23.1 Å². The number of thioether (sulfide) groups is 1. The topological polar surface area (TPSA) is 0 Å². The summed E-state index contributed by atoms with van der Waals surface area (Å²) in [6.45, 7) is 0. The summed E-state index contributed by atoms with van der Waals surface area (Å²) in [5, 5.41) is 1.45. The van der Waals surface area contributed by atoms with Gasteiger partial charge >= 0.3 is 6.18 Å². The van der Waals surface area contributed by atoms with Gasteiger partial charge in [0.25, 0.3) is 0 Å².